The molecule has 1 aliphatic heterocycles. The Morgan fingerprint density at radius 3 is 2.75 bits per heavy atom. The molecule has 0 aromatic heterocycles. The van der Waals surface area contributed by atoms with Crippen molar-refractivity contribution in [3.8, 4) is 5.75 Å². The van der Waals surface area contributed by atoms with Crippen molar-refractivity contribution >= 4 is 11.8 Å². The Labute approximate surface area is 117 Å². The van der Waals surface area contributed by atoms with Crippen molar-refractivity contribution in [3.05, 3.63) is 29.8 Å². The van der Waals surface area contributed by atoms with E-state index in [4.69, 9.17) is 4.74 Å². The van der Waals surface area contributed by atoms with E-state index in [1.165, 1.54) is 12.1 Å². The van der Waals surface area contributed by atoms with Gasteiger partial charge in [-0.05, 0) is 18.2 Å². The van der Waals surface area contributed by atoms with Crippen molar-refractivity contribution in [2.45, 2.75) is 6.42 Å². The van der Waals surface area contributed by atoms with Crippen molar-refractivity contribution in [3.63, 3.8) is 0 Å². The van der Waals surface area contributed by atoms with Gasteiger partial charge in [-0.1, -0.05) is 6.07 Å². The van der Waals surface area contributed by atoms with Crippen LogP contribution in [0.15, 0.2) is 24.3 Å². The average Bonchev–Trinajstić information content (AvgIpc) is 2.48. The van der Waals surface area contributed by atoms with Crippen LogP contribution in [0.25, 0.3) is 0 Å². The van der Waals surface area contributed by atoms with Crippen molar-refractivity contribution in [1.82, 2.24) is 10.2 Å². The number of phenolic OH excluding ortho intramolecular Hbond substituents is 1. The molecule has 6 nitrogen and oxygen atoms in total. The van der Waals surface area contributed by atoms with Crippen LogP contribution in [0.4, 0.5) is 0 Å². The minimum Gasteiger partial charge on any atom is -0.508 e. The predicted octanol–water partition coefficient (Wildman–Crippen LogP) is 0.371. The molecule has 20 heavy (non-hydrogen) atoms. The second-order valence-electron chi connectivity index (χ2n) is 4.55. The summed E-state index contributed by atoms with van der Waals surface area (Å²) in [5.74, 6) is -0.234. The van der Waals surface area contributed by atoms with Crippen molar-refractivity contribution in [1.29, 1.82) is 0 Å². The number of phenols is 1. The molecule has 1 fully saturated rings. The number of benzene rings is 1. The smallest absolute Gasteiger partial charge is 0.251 e. The van der Waals surface area contributed by atoms with Crippen LogP contribution in [0.5, 0.6) is 5.75 Å². The molecule has 6 heteroatoms. The third kappa shape index (κ3) is 3.96. The Morgan fingerprint density at radius 2 is 2.05 bits per heavy atom. The summed E-state index contributed by atoms with van der Waals surface area (Å²) in [4.78, 5) is 25.4. The first-order valence-corrected chi connectivity index (χ1v) is 6.59. The first-order chi connectivity index (χ1) is 9.66. The third-order valence-electron chi connectivity index (χ3n) is 3.10. The highest BCUT2D eigenvalue weighted by Gasteiger charge is 2.16. The molecule has 0 saturated carbocycles. The van der Waals surface area contributed by atoms with Crippen molar-refractivity contribution in [2.75, 3.05) is 32.8 Å². The van der Waals surface area contributed by atoms with E-state index in [9.17, 15) is 14.7 Å². The highest BCUT2D eigenvalue weighted by atomic mass is 16.5. The van der Waals surface area contributed by atoms with E-state index >= 15 is 0 Å². The summed E-state index contributed by atoms with van der Waals surface area (Å²) in [7, 11) is 0. The van der Waals surface area contributed by atoms with Gasteiger partial charge >= 0.3 is 0 Å². The molecular weight excluding hydrogens is 260 g/mol. The Bertz CT molecular complexity index is 484. The van der Waals surface area contributed by atoms with Gasteiger partial charge in [0.05, 0.1) is 13.2 Å². The normalized spacial score (nSPS) is 14.9. The number of carbonyl (C=O) groups is 2. The quantitative estimate of drug-likeness (QED) is 0.834. The van der Waals surface area contributed by atoms with Crippen LogP contribution in [0.3, 0.4) is 0 Å². The molecule has 0 atom stereocenters. The van der Waals surface area contributed by atoms with Crippen molar-refractivity contribution in [2.24, 2.45) is 0 Å². The lowest BCUT2D eigenvalue weighted by Gasteiger charge is -2.26. The predicted molar refractivity (Wildman–Crippen MR) is 72.5 cm³/mol. The maximum Gasteiger partial charge on any atom is 0.251 e. The second kappa shape index (κ2) is 6.91. The largest absolute Gasteiger partial charge is 0.508 e. The van der Waals surface area contributed by atoms with Crippen LogP contribution in [0.2, 0.25) is 0 Å². The molecule has 108 valence electrons. The number of hydrogen-bond acceptors (Lipinski definition) is 4. The van der Waals surface area contributed by atoms with Gasteiger partial charge in [-0.15, -0.1) is 0 Å². The zero-order chi connectivity index (χ0) is 14.4. The summed E-state index contributed by atoms with van der Waals surface area (Å²) in [6, 6.07) is 6.10. The number of amides is 2. The number of rotatable bonds is 4. The van der Waals surface area contributed by atoms with Crippen LogP contribution in [-0.2, 0) is 9.53 Å². The van der Waals surface area contributed by atoms with Crippen LogP contribution >= 0.6 is 0 Å². The molecule has 0 bridgehead atoms. The number of nitrogens with zero attached hydrogens (tertiary/aromatic N) is 1. The Morgan fingerprint density at radius 1 is 1.30 bits per heavy atom. The maximum absolute atomic E-state index is 11.8. The fourth-order valence-corrected chi connectivity index (χ4v) is 2.00. The lowest BCUT2D eigenvalue weighted by Crippen LogP contribution is -2.42. The Hall–Kier alpha value is -2.08. The fraction of sp³-hybridized carbons (Fsp3) is 0.429. The highest BCUT2D eigenvalue weighted by Crippen LogP contribution is 2.10. The topological polar surface area (TPSA) is 78.9 Å². The average molecular weight is 278 g/mol. The Balaban J connectivity index is 1.75. The number of morpholine rings is 1. The van der Waals surface area contributed by atoms with E-state index in [1.807, 2.05) is 0 Å². The third-order valence-corrected chi connectivity index (χ3v) is 3.10. The molecule has 0 aliphatic carbocycles. The standard InChI is InChI=1S/C14H18N2O4/c17-12-3-1-2-11(10-12)14(19)15-5-4-13(18)16-6-8-20-9-7-16/h1-3,10,17H,4-9H2,(H,15,19). The molecule has 2 rings (SSSR count). The maximum atomic E-state index is 11.8. The number of aromatic hydroxyl groups is 1. The molecule has 2 amide bonds. The molecule has 0 unspecified atom stereocenters. The van der Waals surface area contributed by atoms with E-state index in [2.05, 4.69) is 5.32 Å². The lowest BCUT2D eigenvalue weighted by atomic mass is 10.2. The lowest BCUT2D eigenvalue weighted by molar-refractivity contribution is -0.135. The van der Waals surface area contributed by atoms with Gasteiger partial charge < -0.3 is 20.1 Å². The molecule has 1 saturated heterocycles. The van der Waals surface area contributed by atoms with Crippen LogP contribution in [0, 0.1) is 0 Å². The van der Waals surface area contributed by atoms with Crippen LogP contribution in [-0.4, -0.2) is 54.7 Å². The van der Waals surface area contributed by atoms with E-state index in [0.29, 0.717) is 31.9 Å². The van der Waals surface area contributed by atoms with Gasteiger partial charge in [-0.2, -0.15) is 0 Å². The minimum absolute atomic E-state index is 0.0181. The zero-order valence-electron chi connectivity index (χ0n) is 11.2. The van der Waals surface area contributed by atoms with Gasteiger partial charge in [0, 0.05) is 31.6 Å². The van der Waals surface area contributed by atoms with E-state index < -0.39 is 0 Å². The molecule has 1 heterocycles. The molecule has 0 radical (unpaired) electrons. The fourth-order valence-electron chi connectivity index (χ4n) is 2.00. The number of carbonyl (C=O) groups excluding carboxylic acids is 2. The van der Waals surface area contributed by atoms with Gasteiger partial charge in [0.1, 0.15) is 5.75 Å². The van der Waals surface area contributed by atoms with E-state index in [0.717, 1.165) is 0 Å². The second-order valence-corrected chi connectivity index (χ2v) is 4.55. The number of nitrogens with one attached hydrogen (secondary N) is 1. The van der Waals surface area contributed by atoms with Crippen LogP contribution < -0.4 is 5.32 Å². The summed E-state index contributed by atoms with van der Waals surface area (Å²) in [5.41, 5.74) is 0.379. The zero-order valence-corrected chi connectivity index (χ0v) is 11.2. The first kappa shape index (κ1) is 14.3. The van der Waals surface area contributed by atoms with Crippen molar-refractivity contribution < 1.29 is 19.4 Å². The SMILES string of the molecule is O=C(NCCC(=O)N1CCOCC1)c1cccc(O)c1. The van der Waals surface area contributed by atoms with Crippen LogP contribution in [0.1, 0.15) is 16.8 Å². The van der Waals surface area contributed by atoms with Gasteiger partial charge in [-0.25, -0.2) is 0 Å². The summed E-state index contributed by atoms with van der Waals surface area (Å²) >= 11 is 0. The highest BCUT2D eigenvalue weighted by molar-refractivity contribution is 5.94. The van der Waals surface area contributed by atoms with Gasteiger partial charge in [0.15, 0.2) is 0 Å². The van der Waals surface area contributed by atoms with Gasteiger partial charge in [0.25, 0.3) is 5.91 Å². The molecule has 0 spiro atoms. The molecule has 2 N–H and O–H groups in total. The molecule has 1 aromatic rings. The minimum atomic E-state index is -0.296. The number of hydrogen-bond donors (Lipinski definition) is 2. The molecule has 1 aromatic carbocycles. The Kier molecular flexibility index (Phi) is 4.95. The summed E-state index contributed by atoms with van der Waals surface area (Å²) in [6.07, 6.45) is 0.268. The monoisotopic (exact) mass is 278 g/mol. The number of ether oxygens (including phenoxy) is 1. The summed E-state index contributed by atoms with van der Waals surface area (Å²) < 4.78 is 5.17. The summed E-state index contributed by atoms with van der Waals surface area (Å²) in [5, 5.41) is 12.0. The van der Waals surface area contributed by atoms with Gasteiger partial charge in [0.2, 0.25) is 5.91 Å². The molecular formula is C14H18N2O4. The van der Waals surface area contributed by atoms with Gasteiger partial charge in [-0.3, -0.25) is 9.59 Å². The molecule has 1 aliphatic rings. The summed E-state index contributed by atoms with van der Waals surface area (Å²) in [6.45, 7) is 2.64. The first-order valence-electron chi connectivity index (χ1n) is 6.59. The van der Waals surface area contributed by atoms with E-state index in [-0.39, 0.29) is 30.5 Å². The van der Waals surface area contributed by atoms with E-state index in [1.54, 1.807) is 17.0 Å².